The molecule has 0 spiro atoms. The average Bonchev–Trinajstić information content (AvgIpc) is 3.48. The molecule has 6 nitrogen and oxygen atoms in total. The van der Waals surface area contributed by atoms with Gasteiger partial charge >= 0.3 is 0 Å². The Morgan fingerprint density at radius 1 is 0.943 bits per heavy atom. The van der Waals surface area contributed by atoms with Crippen LogP contribution in [0.3, 0.4) is 0 Å². The number of benzene rings is 2. The van der Waals surface area contributed by atoms with E-state index < -0.39 is 10.2 Å². The number of aryl methyl sites for hydroxylation is 1. The van der Waals surface area contributed by atoms with E-state index >= 15 is 0 Å². The van der Waals surface area contributed by atoms with Crippen molar-refractivity contribution >= 4 is 32.0 Å². The van der Waals surface area contributed by atoms with Crippen LogP contribution in [0.2, 0.25) is 0 Å². The number of aromatic nitrogens is 2. The molecule has 0 saturated heterocycles. The van der Waals surface area contributed by atoms with Gasteiger partial charge in [0.2, 0.25) is 0 Å². The first-order valence-corrected chi connectivity index (χ1v) is 14.2. The number of aliphatic imine (C=N–C) groups is 1. The average molecular weight is 491 g/mol. The molecule has 0 amide bonds. The largest absolute Gasteiger partial charge is 0.378 e. The monoisotopic (exact) mass is 490 g/mol. The first-order chi connectivity index (χ1) is 17.0. The zero-order valence-corrected chi connectivity index (χ0v) is 20.6. The molecule has 0 bridgehead atoms. The van der Waals surface area contributed by atoms with Crippen LogP contribution in [0.15, 0.2) is 58.2 Å². The van der Waals surface area contributed by atoms with Gasteiger partial charge in [0, 0.05) is 28.9 Å². The molecule has 1 atom stereocenters. The highest BCUT2D eigenvalue weighted by atomic mass is 32.3. The minimum Gasteiger partial charge on any atom is -0.378 e. The van der Waals surface area contributed by atoms with Crippen LogP contribution in [0.5, 0.6) is 0 Å². The topological polar surface area (TPSA) is 93.4 Å². The molecule has 1 unspecified atom stereocenters. The summed E-state index contributed by atoms with van der Waals surface area (Å²) >= 11 is 0. The van der Waals surface area contributed by atoms with Crippen molar-refractivity contribution in [2.75, 3.05) is 13.1 Å². The Morgan fingerprint density at radius 2 is 1.80 bits per heavy atom. The fourth-order valence-corrected chi connectivity index (χ4v) is 7.73. The maximum absolute atomic E-state index is 14.0. The molecule has 8 heteroatoms. The van der Waals surface area contributed by atoms with Crippen molar-refractivity contribution in [1.82, 2.24) is 14.9 Å². The van der Waals surface area contributed by atoms with Crippen molar-refractivity contribution in [3.63, 3.8) is 0 Å². The summed E-state index contributed by atoms with van der Waals surface area (Å²) in [6.45, 7) is 2.31. The minimum absolute atomic E-state index is 0.329. The van der Waals surface area contributed by atoms with E-state index in [4.69, 9.17) is 10.9 Å². The summed E-state index contributed by atoms with van der Waals surface area (Å²) in [6, 6.07) is 11.9. The second kappa shape index (κ2) is 9.00. The van der Waals surface area contributed by atoms with E-state index in [1.54, 1.807) is 6.07 Å². The third-order valence-corrected chi connectivity index (χ3v) is 10.0. The second-order valence-corrected chi connectivity index (χ2v) is 12.3. The lowest BCUT2D eigenvalue weighted by molar-refractivity contribution is 0.195. The number of nitrogens with zero attached hydrogens (tertiary/aromatic N) is 4. The predicted molar refractivity (Wildman–Crippen MR) is 141 cm³/mol. The number of rotatable bonds is 3. The number of hydrogen-bond acceptors (Lipinski definition) is 6. The van der Waals surface area contributed by atoms with Crippen LogP contribution in [-0.2, 0) is 12.8 Å². The van der Waals surface area contributed by atoms with E-state index in [0.29, 0.717) is 21.1 Å². The normalized spacial score (nSPS) is 25.4. The van der Waals surface area contributed by atoms with Crippen molar-refractivity contribution < 1.29 is 4.39 Å². The molecule has 2 aromatic carbocycles. The second-order valence-electron chi connectivity index (χ2n) is 9.81. The lowest BCUT2D eigenvalue weighted by atomic mass is 9.94. The summed E-state index contributed by atoms with van der Waals surface area (Å²) in [6.07, 6.45) is 10.2. The Kier molecular flexibility index (Phi) is 5.82. The van der Waals surface area contributed by atoms with Crippen LogP contribution in [0.25, 0.3) is 16.6 Å². The first-order valence-electron chi connectivity index (χ1n) is 12.4. The summed E-state index contributed by atoms with van der Waals surface area (Å²) in [4.78, 5) is 16.1. The third kappa shape index (κ3) is 4.13. The summed E-state index contributed by atoms with van der Waals surface area (Å²) < 4.78 is 14.0. The fourth-order valence-electron chi connectivity index (χ4n) is 5.76. The highest BCUT2D eigenvalue weighted by Crippen LogP contribution is 2.56. The van der Waals surface area contributed by atoms with Crippen LogP contribution < -0.4 is 10.9 Å². The van der Waals surface area contributed by atoms with E-state index in [-0.39, 0.29) is 5.82 Å². The van der Waals surface area contributed by atoms with Crippen molar-refractivity contribution in [3.8, 4) is 0 Å². The van der Waals surface area contributed by atoms with Crippen LogP contribution in [-0.4, -0.2) is 39.2 Å². The minimum atomic E-state index is -2.31. The Hall–Kier alpha value is -2.81. The molecule has 1 fully saturated rings. The van der Waals surface area contributed by atoms with Crippen molar-refractivity contribution in [1.29, 1.82) is 0 Å². The van der Waals surface area contributed by atoms with Gasteiger partial charge in [-0.3, -0.25) is 5.14 Å². The zero-order valence-electron chi connectivity index (χ0n) is 19.8. The molecular weight excluding hydrogens is 459 g/mol. The van der Waals surface area contributed by atoms with Crippen LogP contribution in [0.1, 0.15) is 48.8 Å². The lowest BCUT2D eigenvalue weighted by Gasteiger charge is -2.31. The smallest absolute Gasteiger partial charge is 0.163 e. The molecule has 3 aromatic rings. The highest BCUT2D eigenvalue weighted by Gasteiger charge is 2.34. The lowest BCUT2D eigenvalue weighted by Crippen LogP contribution is -2.37. The molecule has 3 heterocycles. The molecule has 1 aromatic heterocycles. The maximum atomic E-state index is 14.0. The summed E-state index contributed by atoms with van der Waals surface area (Å²) in [5.41, 5.74) is 11.6. The Balaban J connectivity index is 1.31. The molecule has 6 rings (SSSR count). The first kappa shape index (κ1) is 22.6. The quantitative estimate of drug-likeness (QED) is 0.511. The third-order valence-electron chi connectivity index (χ3n) is 7.66. The van der Waals surface area contributed by atoms with Crippen LogP contribution in [0.4, 0.5) is 4.39 Å². The Morgan fingerprint density at radius 3 is 2.66 bits per heavy atom. The van der Waals surface area contributed by atoms with Gasteiger partial charge in [0.15, 0.2) is 5.17 Å². The highest BCUT2D eigenvalue weighted by molar-refractivity contribution is 8.46. The molecule has 182 valence electrons. The van der Waals surface area contributed by atoms with Crippen LogP contribution in [0, 0.1) is 5.82 Å². The standard InChI is InChI=1S/C27H31FN6S/c28-21-9-10-24-23(15-21)26(32-17-31-24)35(30)16-25(33-27(35)29)20-8-7-18-11-13-34(22-5-1-2-6-22)12-3-4-19(18)14-20/h7-10,14-17,22H,1-6,11-13,30H2,(H2,29,33). The van der Waals surface area contributed by atoms with E-state index in [9.17, 15) is 4.39 Å². The van der Waals surface area contributed by atoms with Gasteiger partial charge in [-0.25, -0.2) is 19.4 Å². The number of amidine groups is 1. The van der Waals surface area contributed by atoms with E-state index in [1.165, 1.54) is 68.2 Å². The number of hydrogen-bond donors (Lipinski definition) is 2. The molecule has 4 N–H and O–H groups in total. The van der Waals surface area contributed by atoms with Crippen LogP contribution >= 0.6 is 10.2 Å². The molecule has 3 aliphatic rings. The van der Waals surface area contributed by atoms with Gasteiger partial charge < -0.3 is 10.6 Å². The number of halogens is 1. The van der Waals surface area contributed by atoms with Gasteiger partial charge in [0.25, 0.3) is 0 Å². The van der Waals surface area contributed by atoms with Crippen molar-refractivity contribution in [3.05, 3.63) is 70.6 Å². The van der Waals surface area contributed by atoms with Crippen molar-refractivity contribution in [2.45, 2.75) is 56.0 Å². The summed E-state index contributed by atoms with van der Waals surface area (Å²) in [5.74, 6) is -0.359. The van der Waals surface area contributed by atoms with Gasteiger partial charge in [-0.2, -0.15) is 0 Å². The van der Waals surface area contributed by atoms with Crippen molar-refractivity contribution in [2.24, 2.45) is 15.9 Å². The van der Waals surface area contributed by atoms with Gasteiger partial charge in [0.05, 0.1) is 11.2 Å². The van der Waals surface area contributed by atoms with E-state index in [1.807, 2.05) is 5.41 Å². The zero-order chi connectivity index (χ0) is 24.0. The Bertz CT molecular complexity index is 1350. The van der Waals surface area contributed by atoms with Gasteiger partial charge in [0.1, 0.15) is 17.2 Å². The SMILES string of the molecule is NC1=NC(c2ccc3c(c2)CCCN(C2CCCC2)CC3)=CS1(N)c1ncnc2ccc(F)cc12. The van der Waals surface area contributed by atoms with Gasteiger partial charge in [-0.05, 0) is 74.0 Å². The van der Waals surface area contributed by atoms with E-state index in [0.717, 1.165) is 36.7 Å². The number of fused-ring (bicyclic) bond motifs is 2. The molecule has 1 saturated carbocycles. The predicted octanol–water partition coefficient (Wildman–Crippen LogP) is 4.87. The molecule has 0 radical (unpaired) electrons. The molecule has 2 aliphatic heterocycles. The molecule has 35 heavy (non-hydrogen) atoms. The van der Waals surface area contributed by atoms with Gasteiger partial charge in [-0.15, -0.1) is 0 Å². The fraction of sp³-hybridized carbons (Fsp3) is 0.370. The molecule has 1 aliphatic carbocycles. The van der Waals surface area contributed by atoms with E-state index in [2.05, 4.69) is 38.1 Å². The Labute approximate surface area is 206 Å². The molecular formula is C27H31FN6S. The number of nitrogens with two attached hydrogens (primary N) is 2. The summed E-state index contributed by atoms with van der Waals surface area (Å²) in [5, 5.41) is 10.2. The summed E-state index contributed by atoms with van der Waals surface area (Å²) in [7, 11) is -2.31. The maximum Gasteiger partial charge on any atom is 0.163 e. The van der Waals surface area contributed by atoms with Gasteiger partial charge in [-0.1, -0.05) is 35.2 Å².